The average Bonchev–Trinajstić information content (AvgIpc) is 1.98. The van der Waals surface area contributed by atoms with E-state index in [1.807, 2.05) is 26.8 Å². The molecule has 0 aliphatic rings. The third kappa shape index (κ3) is 5.45. The molecule has 1 atom stereocenters. The number of hydrogen-bond acceptors (Lipinski definition) is 2. The van der Waals surface area contributed by atoms with E-state index in [1.165, 1.54) is 0 Å². The minimum Gasteiger partial charge on any atom is -0.591 e. The van der Waals surface area contributed by atoms with Gasteiger partial charge in [-0.05, 0) is 27.2 Å². The lowest BCUT2D eigenvalue weighted by Crippen LogP contribution is -2.27. The first-order valence-corrected chi connectivity index (χ1v) is 5.88. The zero-order valence-corrected chi connectivity index (χ0v) is 10.6. The third-order valence-electron chi connectivity index (χ3n) is 1.69. The Hall–Kier alpha value is -0.280. The van der Waals surface area contributed by atoms with E-state index in [0.29, 0.717) is 0 Å². The van der Waals surface area contributed by atoms with Crippen LogP contribution in [0.4, 0.5) is 0 Å². The Morgan fingerprint density at radius 2 is 1.79 bits per heavy atom. The third-order valence-corrected chi connectivity index (χ3v) is 3.04. The molecule has 0 aromatic carbocycles. The monoisotopic (exact) mass is 215 g/mol. The van der Waals surface area contributed by atoms with Crippen LogP contribution in [0.3, 0.4) is 0 Å². The molecule has 1 unspecified atom stereocenters. The van der Waals surface area contributed by atoms with Crippen LogP contribution >= 0.6 is 0 Å². The molecule has 0 aromatic heterocycles. The minimum absolute atomic E-state index is 0.0529. The second-order valence-corrected chi connectivity index (χ2v) is 7.01. The molecule has 0 rings (SSSR count). The first kappa shape index (κ1) is 13.7. The molecular weight excluding hydrogens is 194 g/mol. The fourth-order valence-electron chi connectivity index (χ4n) is 0.773. The summed E-state index contributed by atoms with van der Waals surface area (Å²) in [7, 11) is 0. The zero-order valence-electron chi connectivity index (χ0n) is 9.83. The van der Waals surface area contributed by atoms with Crippen molar-refractivity contribution in [2.24, 2.45) is 9.81 Å². The Bertz CT molecular complexity index is 216. The van der Waals surface area contributed by atoms with E-state index in [4.69, 9.17) is 0 Å². The lowest BCUT2D eigenvalue weighted by molar-refractivity contribution is 0.540. The fourth-order valence-corrected chi connectivity index (χ4v) is 1.47. The number of allylic oxidation sites excluding steroid dienone is 1. The van der Waals surface area contributed by atoms with Gasteiger partial charge in [0.2, 0.25) is 0 Å². The van der Waals surface area contributed by atoms with E-state index in [1.54, 1.807) is 6.21 Å². The molecule has 82 valence electrons. The van der Waals surface area contributed by atoms with Gasteiger partial charge in [-0.25, -0.2) is 0 Å². The first-order valence-electron chi connectivity index (χ1n) is 4.77. The molecule has 2 nitrogen and oxygen atoms in total. The van der Waals surface area contributed by atoms with Gasteiger partial charge in [-0.1, -0.05) is 24.3 Å². The van der Waals surface area contributed by atoms with Crippen molar-refractivity contribution in [3.8, 4) is 0 Å². The van der Waals surface area contributed by atoms with Gasteiger partial charge in [0.25, 0.3) is 0 Å². The minimum atomic E-state index is -1.15. The number of nitrogens with zero attached hydrogens (tertiary/aromatic N) is 1. The molecule has 14 heavy (non-hydrogen) atoms. The summed E-state index contributed by atoms with van der Waals surface area (Å²) in [5.41, 5.74) is -0.0529. The van der Waals surface area contributed by atoms with Gasteiger partial charge >= 0.3 is 0 Å². The van der Waals surface area contributed by atoms with E-state index in [-0.39, 0.29) is 10.2 Å². The molecule has 0 aromatic rings. The molecule has 0 heterocycles. The predicted octanol–water partition coefficient (Wildman–Crippen LogP) is 3.12. The molecule has 0 aliphatic heterocycles. The van der Waals surface area contributed by atoms with Crippen molar-refractivity contribution in [1.82, 2.24) is 0 Å². The molecule has 0 bridgehead atoms. The average molecular weight is 215 g/mol. The molecule has 0 N–H and O–H groups in total. The highest BCUT2D eigenvalue weighted by Crippen LogP contribution is 2.21. The Kier molecular flexibility index (Phi) is 4.89. The molecular formula is C11H21NOS. The van der Waals surface area contributed by atoms with Crippen molar-refractivity contribution in [2.75, 3.05) is 0 Å². The maximum absolute atomic E-state index is 11.6. The van der Waals surface area contributed by atoms with Crippen LogP contribution in [-0.2, 0) is 11.4 Å². The molecule has 0 saturated heterocycles. The van der Waals surface area contributed by atoms with E-state index < -0.39 is 11.4 Å². The predicted molar refractivity (Wildman–Crippen MR) is 65.0 cm³/mol. The molecule has 0 fully saturated rings. The summed E-state index contributed by atoms with van der Waals surface area (Å²) >= 11 is -1.15. The largest absolute Gasteiger partial charge is 0.591 e. The lowest BCUT2D eigenvalue weighted by Gasteiger charge is -2.20. The van der Waals surface area contributed by atoms with Crippen LogP contribution in [0.1, 0.15) is 41.0 Å². The maximum Gasteiger partial charge on any atom is 0.144 e. The Labute approximate surface area is 90.8 Å². The summed E-state index contributed by atoms with van der Waals surface area (Å²) in [4.78, 5) is 0. The molecule has 0 radical (unpaired) electrons. The summed E-state index contributed by atoms with van der Waals surface area (Å²) in [6.07, 6.45) is 4.47. The van der Waals surface area contributed by atoms with Crippen LogP contribution in [0.2, 0.25) is 0 Å². The second kappa shape index (κ2) is 4.99. The highest BCUT2D eigenvalue weighted by Gasteiger charge is 2.26. The van der Waals surface area contributed by atoms with Crippen molar-refractivity contribution < 1.29 is 4.55 Å². The van der Waals surface area contributed by atoms with Crippen LogP contribution < -0.4 is 0 Å². The van der Waals surface area contributed by atoms with Gasteiger partial charge in [0, 0.05) is 5.41 Å². The maximum atomic E-state index is 11.6. The lowest BCUT2D eigenvalue weighted by atomic mass is 9.91. The van der Waals surface area contributed by atoms with Crippen LogP contribution in [0.5, 0.6) is 0 Å². The van der Waals surface area contributed by atoms with Crippen LogP contribution in [0, 0.1) is 5.41 Å². The van der Waals surface area contributed by atoms with Gasteiger partial charge in [-0.15, -0.1) is 6.58 Å². The standard InChI is InChI=1S/C11H21NOS/c1-7-8-11(5,6)9-12-14(13)10(2,3)4/h7,9H,1,8H2,2-6H3/b12-9+. The van der Waals surface area contributed by atoms with Gasteiger partial charge < -0.3 is 4.55 Å². The topological polar surface area (TPSA) is 35.4 Å². The summed E-state index contributed by atoms with van der Waals surface area (Å²) in [5.74, 6) is 0. The molecule has 3 heteroatoms. The van der Waals surface area contributed by atoms with E-state index in [9.17, 15) is 4.55 Å². The van der Waals surface area contributed by atoms with Crippen LogP contribution in [0.15, 0.2) is 17.1 Å². The highest BCUT2D eigenvalue weighted by molar-refractivity contribution is 7.91. The fraction of sp³-hybridized carbons (Fsp3) is 0.727. The quantitative estimate of drug-likeness (QED) is 0.403. The summed E-state index contributed by atoms with van der Waals surface area (Å²) in [6.45, 7) is 13.5. The summed E-state index contributed by atoms with van der Waals surface area (Å²) < 4.78 is 15.4. The smallest absolute Gasteiger partial charge is 0.144 e. The molecule has 0 aliphatic carbocycles. The van der Waals surface area contributed by atoms with Gasteiger partial charge in [0.15, 0.2) is 0 Å². The first-order chi connectivity index (χ1) is 6.19. The van der Waals surface area contributed by atoms with Crippen molar-refractivity contribution in [3.63, 3.8) is 0 Å². The van der Waals surface area contributed by atoms with Crippen LogP contribution in [-0.4, -0.2) is 15.5 Å². The zero-order chi connectivity index (χ0) is 11.4. The van der Waals surface area contributed by atoms with Gasteiger partial charge in [-0.2, -0.15) is 0 Å². The highest BCUT2D eigenvalue weighted by atomic mass is 32.2. The molecule has 0 amide bonds. The van der Waals surface area contributed by atoms with E-state index in [0.717, 1.165) is 6.42 Å². The summed E-state index contributed by atoms with van der Waals surface area (Å²) in [5, 5.41) is 0. The van der Waals surface area contributed by atoms with Crippen LogP contribution in [0.25, 0.3) is 0 Å². The van der Waals surface area contributed by atoms with Crippen molar-refractivity contribution >= 4 is 17.6 Å². The molecule has 0 spiro atoms. The van der Waals surface area contributed by atoms with Crippen molar-refractivity contribution in [1.29, 1.82) is 0 Å². The van der Waals surface area contributed by atoms with Crippen molar-refractivity contribution in [3.05, 3.63) is 12.7 Å². The SMILES string of the molecule is C=CCC(C)(C)/C=N/[S+]([O-])C(C)(C)C. The normalized spacial score (nSPS) is 15.9. The van der Waals surface area contributed by atoms with E-state index >= 15 is 0 Å². The van der Waals surface area contributed by atoms with Gasteiger partial charge in [0.05, 0.1) is 6.21 Å². The number of hydrogen-bond donors (Lipinski definition) is 0. The van der Waals surface area contributed by atoms with E-state index in [2.05, 4.69) is 24.8 Å². The Morgan fingerprint density at radius 3 is 2.14 bits per heavy atom. The Balaban J connectivity index is 4.36. The van der Waals surface area contributed by atoms with Gasteiger partial charge in [-0.3, -0.25) is 0 Å². The van der Waals surface area contributed by atoms with Gasteiger partial charge in [0.1, 0.15) is 16.1 Å². The summed E-state index contributed by atoms with van der Waals surface area (Å²) in [6, 6.07) is 0. The van der Waals surface area contributed by atoms with Crippen molar-refractivity contribution in [2.45, 2.75) is 45.8 Å². The number of rotatable bonds is 4. The Morgan fingerprint density at radius 1 is 1.29 bits per heavy atom. The molecule has 0 saturated carbocycles. The second-order valence-electron chi connectivity index (χ2n) is 5.08.